The van der Waals surface area contributed by atoms with Crippen molar-refractivity contribution in [3.63, 3.8) is 0 Å². The van der Waals surface area contributed by atoms with Crippen LogP contribution in [0.15, 0.2) is 16.6 Å². The molecule has 0 aromatic heterocycles. The van der Waals surface area contributed by atoms with Crippen LogP contribution in [0, 0.1) is 11.6 Å². The van der Waals surface area contributed by atoms with E-state index in [9.17, 15) is 8.78 Å². The van der Waals surface area contributed by atoms with Crippen molar-refractivity contribution < 1.29 is 13.5 Å². The summed E-state index contributed by atoms with van der Waals surface area (Å²) in [5.41, 5.74) is 1.70. The van der Waals surface area contributed by atoms with Crippen LogP contribution < -0.4 is 11.3 Å². The molecule has 6 heteroatoms. The summed E-state index contributed by atoms with van der Waals surface area (Å²) in [5.74, 6) is 4.21. The lowest BCUT2D eigenvalue weighted by Crippen LogP contribution is -2.45. The Kier molecular flexibility index (Phi) is 4.01. The topological polar surface area (TPSA) is 47.3 Å². The maximum atomic E-state index is 14.1. The molecule has 1 saturated heterocycles. The van der Waals surface area contributed by atoms with Crippen molar-refractivity contribution >= 4 is 15.9 Å². The van der Waals surface area contributed by atoms with Crippen LogP contribution in [0.2, 0.25) is 0 Å². The first-order chi connectivity index (χ1) is 8.49. The lowest BCUT2D eigenvalue weighted by atomic mass is 9.87. The summed E-state index contributed by atoms with van der Waals surface area (Å²) in [5, 5.41) is 0. The van der Waals surface area contributed by atoms with E-state index in [-0.39, 0.29) is 10.0 Å². The van der Waals surface area contributed by atoms with E-state index in [1.807, 2.05) is 6.92 Å². The van der Waals surface area contributed by atoms with E-state index in [2.05, 4.69) is 21.4 Å². The number of ether oxygens (including phenoxy) is 1. The molecule has 1 aromatic carbocycles. The normalized spacial score (nSPS) is 25.4. The van der Waals surface area contributed by atoms with Gasteiger partial charge in [-0.25, -0.2) is 14.2 Å². The average molecular weight is 321 g/mol. The van der Waals surface area contributed by atoms with Crippen molar-refractivity contribution in [2.45, 2.75) is 31.4 Å². The first-order valence-electron chi connectivity index (χ1n) is 5.73. The van der Waals surface area contributed by atoms with Crippen molar-refractivity contribution in [2.75, 3.05) is 6.61 Å². The van der Waals surface area contributed by atoms with Crippen molar-refractivity contribution in [2.24, 2.45) is 5.84 Å². The quantitative estimate of drug-likeness (QED) is 0.511. The second-order valence-corrected chi connectivity index (χ2v) is 5.48. The van der Waals surface area contributed by atoms with Gasteiger partial charge in [-0.3, -0.25) is 5.84 Å². The molecule has 1 fully saturated rings. The summed E-state index contributed by atoms with van der Waals surface area (Å²) < 4.78 is 33.8. The maximum Gasteiger partial charge on any atom is 0.145 e. The zero-order valence-corrected chi connectivity index (χ0v) is 11.6. The highest BCUT2D eigenvalue weighted by Crippen LogP contribution is 2.39. The van der Waals surface area contributed by atoms with Crippen LogP contribution in [-0.4, -0.2) is 12.2 Å². The fourth-order valence-corrected chi connectivity index (χ4v) is 2.75. The van der Waals surface area contributed by atoms with Gasteiger partial charge in [-0.1, -0.05) is 0 Å². The molecule has 1 aromatic rings. The van der Waals surface area contributed by atoms with E-state index in [1.165, 1.54) is 12.1 Å². The zero-order chi connectivity index (χ0) is 13.3. The molecule has 3 N–H and O–H groups in total. The highest BCUT2D eigenvalue weighted by atomic mass is 79.9. The summed E-state index contributed by atoms with van der Waals surface area (Å²) in [6.45, 7) is 2.39. The molecule has 2 unspecified atom stereocenters. The minimum Gasteiger partial charge on any atom is -0.373 e. The van der Waals surface area contributed by atoms with Gasteiger partial charge in [0, 0.05) is 12.2 Å². The predicted molar refractivity (Wildman–Crippen MR) is 67.7 cm³/mol. The van der Waals surface area contributed by atoms with Crippen LogP contribution in [0.25, 0.3) is 0 Å². The monoisotopic (exact) mass is 320 g/mol. The Hall–Kier alpha value is -0.560. The van der Waals surface area contributed by atoms with Crippen molar-refractivity contribution in [1.29, 1.82) is 0 Å². The van der Waals surface area contributed by atoms with Crippen LogP contribution >= 0.6 is 15.9 Å². The number of nitrogens with two attached hydrogens (primary N) is 1. The van der Waals surface area contributed by atoms with Gasteiger partial charge < -0.3 is 4.74 Å². The maximum absolute atomic E-state index is 14.1. The molecule has 0 amide bonds. The van der Waals surface area contributed by atoms with E-state index in [4.69, 9.17) is 10.6 Å². The summed E-state index contributed by atoms with van der Waals surface area (Å²) in [6, 6.07) is 1.82. The molecule has 0 bridgehead atoms. The highest BCUT2D eigenvalue weighted by Gasteiger charge is 2.41. The van der Waals surface area contributed by atoms with Crippen LogP contribution in [0.4, 0.5) is 8.78 Å². The molecule has 0 saturated carbocycles. The van der Waals surface area contributed by atoms with Gasteiger partial charge >= 0.3 is 0 Å². The van der Waals surface area contributed by atoms with E-state index in [0.29, 0.717) is 13.0 Å². The minimum atomic E-state index is -0.725. The van der Waals surface area contributed by atoms with E-state index >= 15 is 0 Å². The largest absolute Gasteiger partial charge is 0.373 e. The van der Waals surface area contributed by atoms with Gasteiger partial charge in [0.25, 0.3) is 0 Å². The average Bonchev–Trinajstić information content (AvgIpc) is 2.77. The van der Waals surface area contributed by atoms with Gasteiger partial charge in [0.1, 0.15) is 11.6 Å². The Morgan fingerprint density at radius 1 is 1.50 bits per heavy atom. The third kappa shape index (κ3) is 2.30. The molecule has 0 spiro atoms. The highest BCUT2D eigenvalue weighted by molar-refractivity contribution is 9.10. The predicted octanol–water partition coefficient (Wildman–Crippen LogP) is 2.80. The molecule has 1 aliphatic heterocycles. The van der Waals surface area contributed by atoms with Gasteiger partial charge in [-0.15, -0.1) is 0 Å². The third-order valence-electron chi connectivity index (χ3n) is 3.39. The Balaban J connectivity index is 2.48. The summed E-state index contributed by atoms with van der Waals surface area (Å²) >= 11 is 3.05. The van der Waals surface area contributed by atoms with Crippen molar-refractivity contribution in [3.05, 3.63) is 33.8 Å². The molecular formula is C12H15BrF2N2O. The number of hydrogen-bond acceptors (Lipinski definition) is 3. The molecule has 0 radical (unpaired) electrons. The molecule has 2 rings (SSSR count). The van der Waals surface area contributed by atoms with Crippen molar-refractivity contribution in [1.82, 2.24) is 5.43 Å². The van der Waals surface area contributed by atoms with E-state index in [0.717, 1.165) is 6.42 Å². The molecule has 1 heterocycles. The number of hydrogen-bond donors (Lipinski definition) is 2. The van der Waals surface area contributed by atoms with Crippen LogP contribution in [-0.2, 0) is 4.74 Å². The smallest absolute Gasteiger partial charge is 0.145 e. The number of hydrazine groups is 1. The Bertz CT molecular complexity index is 450. The zero-order valence-electron chi connectivity index (χ0n) is 9.97. The molecule has 0 aliphatic carbocycles. The molecular weight excluding hydrogens is 306 g/mol. The number of benzene rings is 1. The number of halogens is 3. The Labute approximate surface area is 113 Å². The Morgan fingerprint density at radius 2 is 2.22 bits per heavy atom. The first kappa shape index (κ1) is 13.9. The summed E-state index contributed by atoms with van der Waals surface area (Å²) in [4.78, 5) is 0. The van der Waals surface area contributed by atoms with Crippen LogP contribution in [0.3, 0.4) is 0 Å². The second kappa shape index (κ2) is 5.21. The van der Waals surface area contributed by atoms with Crippen molar-refractivity contribution in [3.8, 4) is 0 Å². The van der Waals surface area contributed by atoms with Gasteiger partial charge in [-0.2, -0.15) is 0 Å². The SMILES string of the molecule is CC1(C(NN)c2c(F)ccc(Br)c2F)CCCO1. The van der Waals surface area contributed by atoms with Crippen LogP contribution in [0.5, 0.6) is 0 Å². The molecule has 2 atom stereocenters. The molecule has 1 aliphatic rings. The number of nitrogens with one attached hydrogen (secondary N) is 1. The Morgan fingerprint density at radius 3 is 2.78 bits per heavy atom. The standard InChI is InChI=1S/C12H15BrF2N2O/c1-12(5-2-6-18-12)11(17-16)9-8(14)4-3-7(13)10(9)15/h3-4,11,17H,2,5-6,16H2,1H3. The molecule has 100 valence electrons. The molecule has 18 heavy (non-hydrogen) atoms. The fraction of sp³-hybridized carbons (Fsp3) is 0.500. The lowest BCUT2D eigenvalue weighted by Gasteiger charge is -2.33. The second-order valence-electron chi connectivity index (χ2n) is 4.62. The minimum absolute atomic E-state index is 0.0868. The summed E-state index contributed by atoms with van der Waals surface area (Å²) in [7, 11) is 0. The van der Waals surface area contributed by atoms with Gasteiger partial charge in [0.2, 0.25) is 0 Å². The fourth-order valence-electron chi connectivity index (χ4n) is 2.40. The van der Waals surface area contributed by atoms with Gasteiger partial charge in [0.15, 0.2) is 0 Å². The van der Waals surface area contributed by atoms with Gasteiger partial charge in [0.05, 0.1) is 16.1 Å². The lowest BCUT2D eigenvalue weighted by molar-refractivity contribution is -0.0145. The van der Waals surface area contributed by atoms with E-state index in [1.54, 1.807) is 0 Å². The summed E-state index contributed by atoms with van der Waals surface area (Å²) in [6.07, 6.45) is 1.55. The first-order valence-corrected chi connectivity index (χ1v) is 6.52. The van der Waals surface area contributed by atoms with Gasteiger partial charge in [-0.05, 0) is 47.8 Å². The number of rotatable bonds is 3. The third-order valence-corrected chi connectivity index (χ3v) is 4.01. The van der Waals surface area contributed by atoms with Crippen LogP contribution in [0.1, 0.15) is 31.4 Å². The van der Waals surface area contributed by atoms with E-state index < -0.39 is 23.3 Å². The molecule has 3 nitrogen and oxygen atoms in total.